The molecule has 4 heteroatoms. The van der Waals surface area contributed by atoms with E-state index in [0.717, 1.165) is 30.2 Å². The van der Waals surface area contributed by atoms with Crippen LogP contribution in [0.4, 0.5) is 0 Å². The van der Waals surface area contributed by atoms with Gasteiger partial charge in [0.05, 0.1) is 11.5 Å². The van der Waals surface area contributed by atoms with Gasteiger partial charge in [0.2, 0.25) is 5.91 Å². The third kappa shape index (κ3) is 2.77. The Morgan fingerprint density at radius 1 is 1.45 bits per heavy atom. The van der Waals surface area contributed by atoms with Crippen molar-refractivity contribution >= 4 is 21.8 Å². The van der Waals surface area contributed by atoms with E-state index < -0.39 is 5.41 Å². The van der Waals surface area contributed by atoms with Crippen LogP contribution in [-0.4, -0.2) is 12.5 Å². The summed E-state index contributed by atoms with van der Waals surface area (Å²) in [5.41, 5.74) is 8.01. The maximum absolute atomic E-state index is 12.6. The average Bonchev–Trinajstić information content (AvgIpc) is 2.83. The van der Waals surface area contributed by atoms with E-state index in [1.807, 2.05) is 19.9 Å². The normalized spacial score (nSPS) is 17.9. The summed E-state index contributed by atoms with van der Waals surface area (Å²) in [6, 6.07) is 6.44. The molecule has 1 aromatic rings. The Labute approximate surface area is 129 Å². The van der Waals surface area contributed by atoms with Gasteiger partial charge in [-0.3, -0.25) is 4.79 Å². The van der Waals surface area contributed by atoms with Gasteiger partial charge in [-0.1, -0.05) is 35.8 Å². The molecule has 2 rings (SSSR count). The Hall–Kier alpha value is -0.870. The Morgan fingerprint density at radius 3 is 2.75 bits per heavy atom. The first-order valence-corrected chi connectivity index (χ1v) is 8.15. The van der Waals surface area contributed by atoms with Gasteiger partial charge in [0.15, 0.2) is 0 Å². The second kappa shape index (κ2) is 6.27. The summed E-state index contributed by atoms with van der Waals surface area (Å²) in [4.78, 5) is 12.6. The summed E-state index contributed by atoms with van der Waals surface area (Å²) in [7, 11) is 0. The average molecular weight is 339 g/mol. The van der Waals surface area contributed by atoms with Crippen molar-refractivity contribution in [1.29, 1.82) is 0 Å². The molecule has 1 unspecified atom stereocenters. The predicted molar refractivity (Wildman–Crippen MR) is 85.4 cm³/mol. The van der Waals surface area contributed by atoms with Crippen LogP contribution < -0.4 is 11.1 Å². The fraction of sp³-hybridized carbons (Fsp3) is 0.562. The summed E-state index contributed by atoms with van der Waals surface area (Å²) in [5, 5.41) is 3.21. The van der Waals surface area contributed by atoms with Gasteiger partial charge in [0.25, 0.3) is 0 Å². The van der Waals surface area contributed by atoms with Gasteiger partial charge in [0, 0.05) is 11.0 Å². The number of rotatable bonds is 5. The molecule has 3 nitrogen and oxygen atoms in total. The smallest absolute Gasteiger partial charge is 0.227 e. The van der Waals surface area contributed by atoms with Crippen molar-refractivity contribution in [2.75, 3.05) is 6.54 Å². The number of hydrogen-bond donors (Lipinski definition) is 2. The molecule has 0 saturated heterocycles. The molecule has 0 heterocycles. The molecule has 0 saturated carbocycles. The molecule has 0 radical (unpaired) electrons. The molecule has 1 aliphatic rings. The van der Waals surface area contributed by atoms with E-state index in [2.05, 4.69) is 33.4 Å². The van der Waals surface area contributed by atoms with Crippen molar-refractivity contribution in [1.82, 2.24) is 5.32 Å². The van der Waals surface area contributed by atoms with Gasteiger partial charge in [0.1, 0.15) is 0 Å². The highest BCUT2D eigenvalue weighted by atomic mass is 79.9. The lowest BCUT2D eigenvalue weighted by Crippen LogP contribution is -2.46. The van der Waals surface area contributed by atoms with Crippen LogP contribution in [0.25, 0.3) is 0 Å². The number of fused-ring (bicyclic) bond motifs is 1. The van der Waals surface area contributed by atoms with Gasteiger partial charge in [-0.15, -0.1) is 0 Å². The summed E-state index contributed by atoms with van der Waals surface area (Å²) in [6.45, 7) is 4.48. The minimum absolute atomic E-state index is 0.103. The van der Waals surface area contributed by atoms with Crippen LogP contribution in [0.5, 0.6) is 0 Å². The Balaban J connectivity index is 2.15. The van der Waals surface area contributed by atoms with Gasteiger partial charge in [-0.2, -0.15) is 0 Å². The zero-order chi connectivity index (χ0) is 14.8. The number of carbonyl (C=O) groups is 1. The number of aryl methyl sites for hydroxylation is 1. The van der Waals surface area contributed by atoms with E-state index in [1.165, 1.54) is 11.1 Å². The second-order valence-corrected chi connectivity index (χ2v) is 6.52. The first kappa shape index (κ1) is 15.5. The first-order chi connectivity index (χ1) is 9.56. The zero-order valence-electron chi connectivity index (χ0n) is 12.2. The van der Waals surface area contributed by atoms with Gasteiger partial charge < -0.3 is 11.1 Å². The van der Waals surface area contributed by atoms with Crippen LogP contribution >= 0.6 is 15.9 Å². The number of hydrogen-bond acceptors (Lipinski definition) is 2. The molecule has 1 atom stereocenters. The molecule has 20 heavy (non-hydrogen) atoms. The summed E-state index contributed by atoms with van der Waals surface area (Å²) < 4.78 is 1.10. The lowest BCUT2D eigenvalue weighted by molar-refractivity contribution is -0.131. The van der Waals surface area contributed by atoms with Crippen LogP contribution in [0.1, 0.15) is 50.3 Å². The zero-order valence-corrected chi connectivity index (χ0v) is 13.8. The van der Waals surface area contributed by atoms with Crippen LogP contribution in [-0.2, 0) is 11.2 Å². The minimum atomic E-state index is -0.419. The number of nitrogens with one attached hydrogen (secondary N) is 1. The quantitative estimate of drug-likeness (QED) is 0.865. The molecule has 1 aromatic carbocycles. The number of nitrogens with two attached hydrogens (primary N) is 1. The summed E-state index contributed by atoms with van der Waals surface area (Å²) in [6.07, 6.45) is 3.57. The van der Waals surface area contributed by atoms with Gasteiger partial charge >= 0.3 is 0 Å². The molecule has 110 valence electrons. The van der Waals surface area contributed by atoms with E-state index >= 15 is 0 Å². The molecule has 0 spiro atoms. The Bertz CT molecular complexity index is 489. The highest BCUT2D eigenvalue weighted by molar-refractivity contribution is 9.10. The maximum Gasteiger partial charge on any atom is 0.227 e. The summed E-state index contributed by atoms with van der Waals surface area (Å²) >= 11 is 3.50. The van der Waals surface area contributed by atoms with Crippen LogP contribution in [0, 0.1) is 5.41 Å². The number of halogens is 1. The summed E-state index contributed by atoms with van der Waals surface area (Å²) in [5.74, 6) is 0.103. The Morgan fingerprint density at radius 2 is 2.15 bits per heavy atom. The second-order valence-electron chi connectivity index (χ2n) is 5.60. The highest BCUT2D eigenvalue weighted by Gasteiger charge is 2.35. The third-order valence-electron chi connectivity index (χ3n) is 4.71. The van der Waals surface area contributed by atoms with E-state index in [4.69, 9.17) is 5.73 Å². The monoisotopic (exact) mass is 338 g/mol. The molecule has 0 aromatic heterocycles. The molecular formula is C16H23BrN2O. The fourth-order valence-electron chi connectivity index (χ4n) is 3.00. The molecule has 3 N–H and O–H groups in total. The standard InChI is InChI=1S/C16H23BrN2O/c1-3-16(4-2,10-18)15(20)19-14-8-5-11-9-12(17)6-7-13(11)14/h6-7,9,14H,3-5,8,10,18H2,1-2H3,(H,19,20). The maximum atomic E-state index is 12.6. The lowest BCUT2D eigenvalue weighted by atomic mass is 9.81. The molecule has 0 aliphatic heterocycles. The van der Waals surface area contributed by atoms with Crippen molar-refractivity contribution in [3.05, 3.63) is 33.8 Å². The molecular weight excluding hydrogens is 316 g/mol. The lowest BCUT2D eigenvalue weighted by Gasteiger charge is -2.30. The third-order valence-corrected chi connectivity index (χ3v) is 5.21. The Kier molecular flexibility index (Phi) is 4.86. The molecule has 1 amide bonds. The van der Waals surface area contributed by atoms with E-state index in [-0.39, 0.29) is 11.9 Å². The molecule has 0 fully saturated rings. The van der Waals surface area contributed by atoms with Crippen molar-refractivity contribution in [3.63, 3.8) is 0 Å². The van der Waals surface area contributed by atoms with Gasteiger partial charge in [-0.05, 0) is 48.9 Å². The minimum Gasteiger partial charge on any atom is -0.349 e. The van der Waals surface area contributed by atoms with Crippen molar-refractivity contribution in [3.8, 4) is 0 Å². The number of benzene rings is 1. The van der Waals surface area contributed by atoms with E-state index in [1.54, 1.807) is 0 Å². The van der Waals surface area contributed by atoms with E-state index in [0.29, 0.717) is 6.54 Å². The van der Waals surface area contributed by atoms with Crippen LogP contribution in [0.2, 0.25) is 0 Å². The van der Waals surface area contributed by atoms with Crippen LogP contribution in [0.15, 0.2) is 22.7 Å². The molecule has 0 bridgehead atoms. The SMILES string of the molecule is CCC(CC)(CN)C(=O)NC1CCc2cc(Br)ccc21. The first-order valence-electron chi connectivity index (χ1n) is 7.35. The topological polar surface area (TPSA) is 55.1 Å². The van der Waals surface area contributed by atoms with Gasteiger partial charge in [-0.25, -0.2) is 0 Å². The predicted octanol–water partition coefficient (Wildman–Crippen LogP) is 3.32. The molecule has 1 aliphatic carbocycles. The van der Waals surface area contributed by atoms with Crippen molar-refractivity contribution in [2.24, 2.45) is 11.1 Å². The highest BCUT2D eigenvalue weighted by Crippen LogP contribution is 2.34. The fourth-order valence-corrected chi connectivity index (χ4v) is 3.41. The number of amides is 1. The van der Waals surface area contributed by atoms with Crippen molar-refractivity contribution in [2.45, 2.75) is 45.6 Å². The largest absolute Gasteiger partial charge is 0.349 e. The van der Waals surface area contributed by atoms with Crippen molar-refractivity contribution < 1.29 is 4.79 Å². The van der Waals surface area contributed by atoms with Crippen LogP contribution in [0.3, 0.4) is 0 Å². The van der Waals surface area contributed by atoms with E-state index in [9.17, 15) is 4.79 Å². The number of carbonyl (C=O) groups excluding carboxylic acids is 1.